The van der Waals surface area contributed by atoms with Crippen LogP contribution >= 0.6 is 0 Å². The molecule has 19 heavy (non-hydrogen) atoms. The smallest absolute Gasteiger partial charge is 0.185 e. The first-order valence-electron chi connectivity index (χ1n) is 6.05. The SMILES string of the molecule is CC(=O)c1ccc(C(=O)/C=C/c2ccccc2)cc1. The van der Waals surface area contributed by atoms with E-state index in [-0.39, 0.29) is 11.6 Å². The second-order valence-corrected chi connectivity index (χ2v) is 4.24. The van der Waals surface area contributed by atoms with Crippen LogP contribution in [0.25, 0.3) is 6.08 Å². The summed E-state index contributed by atoms with van der Waals surface area (Å²) in [4.78, 5) is 23.1. The lowest BCUT2D eigenvalue weighted by atomic mass is 10.1. The fourth-order valence-electron chi connectivity index (χ4n) is 1.70. The maximum Gasteiger partial charge on any atom is 0.185 e. The number of hydrogen-bond acceptors (Lipinski definition) is 2. The third-order valence-electron chi connectivity index (χ3n) is 2.80. The predicted octanol–water partition coefficient (Wildman–Crippen LogP) is 3.79. The quantitative estimate of drug-likeness (QED) is 0.611. The minimum absolute atomic E-state index is 0.00109. The van der Waals surface area contributed by atoms with Crippen molar-refractivity contribution in [2.75, 3.05) is 0 Å². The van der Waals surface area contributed by atoms with Gasteiger partial charge in [-0.15, -0.1) is 0 Å². The highest BCUT2D eigenvalue weighted by Gasteiger charge is 2.03. The van der Waals surface area contributed by atoms with E-state index < -0.39 is 0 Å². The molecule has 0 atom stereocenters. The van der Waals surface area contributed by atoms with Crippen molar-refractivity contribution in [3.8, 4) is 0 Å². The van der Waals surface area contributed by atoms with Crippen molar-refractivity contribution >= 4 is 17.6 Å². The summed E-state index contributed by atoms with van der Waals surface area (Å²) in [5, 5.41) is 0. The Morgan fingerprint density at radius 2 is 1.42 bits per heavy atom. The van der Waals surface area contributed by atoms with E-state index in [9.17, 15) is 9.59 Å². The molecule has 0 saturated carbocycles. The molecule has 2 rings (SSSR count). The number of benzene rings is 2. The van der Waals surface area contributed by atoms with Crippen molar-refractivity contribution in [1.82, 2.24) is 0 Å². The summed E-state index contributed by atoms with van der Waals surface area (Å²) >= 11 is 0. The minimum atomic E-state index is -0.0704. The molecule has 0 aliphatic heterocycles. The molecule has 2 aromatic rings. The summed E-state index contributed by atoms with van der Waals surface area (Å²) in [6.07, 6.45) is 3.32. The first-order valence-corrected chi connectivity index (χ1v) is 6.05. The first kappa shape index (κ1) is 13.0. The molecule has 0 unspecified atom stereocenters. The zero-order chi connectivity index (χ0) is 13.7. The molecule has 2 heteroatoms. The number of carbonyl (C=O) groups excluding carboxylic acids is 2. The van der Waals surface area contributed by atoms with E-state index >= 15 is 0 Å². The topological polar surface area (TPSA) is 34.1 Å². The second kappa shape index (κ2) is 5.91. The van der Waals surface area contributed by atoms with Crippen LogP contribution in [0.1, 0.15) is 33.2 Å². The van der Waals surface area contributed by atoms with Crippen molar-refractivity contribution in [3.05, 3.63) is 77.4 Å². The average molecular weight is 250 g/mol. The van der Waals surface area contributed by atoms with Crippen LogP contribution in [0.5, 0.6) is 0 Å². The van der Waals surface area contributed by atoms with Crippen LogP contribution in [0.2, 0.25) is 0 Å². The van der Waals surface area contributed by atoms with Gasteiger partial charge in [-0.2, -0.15) is 0 Å². The Morgan fingerprint density at radius 1 is 0.842 bits per heavy atom. The molecule has 0 heterocycles. The highest BCUT2D eigenvalue weighted by atomic mass is 16.1. The van der Waals surface area contributed by atoms with Gasteiger partial charge in [0.15, 0.2) is 11.6 Å². The summed E-state index contributed by atoms with van der Waals surface area (Å²) in [5.41, 5.74) is 2.18. The van der Waals surface area contributed by atoms with E-state index in [0.717, 1.165) is 5.56 Å². The van der Waals surface area contributed by atoms with Gasteiger partial charge in [-0.25, -0.2) is 0 Å². The van der Waals surface area contributed by atoms with Crippen molar-refractivity contribution < 1.29 is 9.59 Å². The largest absolute Gasteiger partial charge is 0.295 e. The van der Waals surface area contributed by atoms with E-state index in [1.54, 1.807) is 30.3 Å². The lowest BCUT2D eigenvalue weighted by Crippen LogP contribution is -1.96. The Hall–Kier alpha value is -2.48. The van der Waals surface area contributed by atoms with Crippen molar-refractivity contribution in [2.45, 2.75) is 6.92 Å². The molecule has 0 saturated heterocycles. The van der Waals surface area contributed by atoms with Crippen LogP contribution in [0.4, 0.5) is 0 Å². The van der Waals surface area contributed by atoms with Gasteiger partial charge in [0.05, 0.1) is 0 Å². The molecule has 0 radical (unpaired) electrons. The molecular weight excluding hydrogens is 236 g/mol. The molecule has 0 aromatic heterocycles. The number of carbonyl (C=O) groups is 2. The van der Waals surface area contributed by atoms with E-state index in [1.165, 1.54) is 13.0 Å². The first-order chi connectivity index (χ1) is 9.16. The fraction of sp³-hybridized carbons (Fsp3) is 0.0588. The number of rotatable bonds is 4. The molecule has 0 aliphatic rings. The van der Waals surface area contributed by atoms with Gasteiger partial charge >= 0.3 is 0 Å². The maximum absolute atomic E-state index is 11.9. The van der Waals surface area contributed by atoms with Gasteiger partial charge in [0, 0.05) is 11.1 Å². The molecule has 94 valence electrons. The van der Waals surface area contributed by atoms with Gasteiger partial charge in [-0.1, -0.05) is 60.7 Å². The number of Topliss-reactive ketones (excluding diaryl/α,β-unsaturated/α-hetero) is 1. The van der Waals surface area contributed by atoms with Crippen LogP contribution in [0.15, 0.2) is 60.7 Å². The highest BCUT2D eigenvalue weighted by Crippen LogP contribution is 2.08. The van der Waals surface area contributed by atoms with Crippen LogP contribution < -0.4 is 0 Å². The van der Waals surface area contributed by atoms with Gasteiger partial charge in [-0.3, -0.25) is 9.59 Å². The Kier molecular flexibility index (Phi) is 4.04. The summed E-state index contributed by atoms with van der Waals surface area (Å²) < 4.78 is 0. The van der Waals surface area contributed by atoms with Gasteiger partial charge in [0.2, 0.25) is 0 Å². The second-order valence-electron chi connectivity index (χ2n) is 4.24. The lowest BCUT2D eigenvalue weighted by molar-refractivity contribution is 0.101. The van der Waals surface area contributed by atoms with Gasteiger partial charge < -0.3 is 0 Å². The standard InChI is InChI=1S/C17H14O2/c1-13(18)15-8-10-16(11-9-15)17(19)12-7-14-5-3-2-4-6-14/h2-12H,1H3/b12-7+. The molecule has 0 fully saturated rings. The third-order valence-corrected chi connectivity index (χ3v) is 2.80. The molecule has 0 spiro atoms. The van der Waals surface area contributed by atoms with Gasteiger partial charge in [0.25, 0.3) is 0 Å². The monoisotopic (exact) mass is 250 g/mol. The summed E-state index contributed by atoms with van der Waals surface area (Å²) in [7, 11) is 0. The van der Waals surface area contributed by atoms with E-state index in [4.69, 9.17) is 0 Å². The predicted molar refractivity (Wildman–Crippen MR) is 76.3 cm³/mol. The van der Waals surface area contributed by atoms with E-state index in [1.807, 2.05) is 30.3 Å². The van der Waals surface area contributed by atoms with Crippen molar-refractivity contribution in [2.24, 2.45) is 0 Å². The third kappa shape index (κ3) is 3.49. The molecular formula is C17H14O2. The zero-order valence-electron chi connectivity index (χ0n) is 10.7. The summed E-state index contributed by atoms with van der Waals surface area (Å²) in [6, 6.07) is 16.3. The Morgan fingerprint density at radius 3 is 2.00 bits per heavy atom. The summed E-state index contributed by atoms with van der Waals surface area (Å²) in [6.45, 7) is 1.51. The fourth-order valence-corrected chi connectivity index (χ4v) is 1.70. The number of allylic oxidation sites excluding steroid dienone is 1. The van der Waals surface area contributed by atoms with Crippen LogP contribution in [0, 0.1) is 0 Å². The molecule has 0 bridgehead atoms. The van der Waals surface area contributed by atoms with Crippen LogP contribution in [0.3, 0.4) is 0 Å². The highest BCUT2D eigenvalue weighted by molar-refractivity contribution is 6.07. The van der Waals surface area contributed by atoms with Crippen molar-refractivity contribution in [1.29, 1.82) is 0 Å². The normalized spacial score (nSPS) is 10.6. The average Bonchev–Trinajstić information content (AvgIpc) is 2.46. The molecule has 0 N–H and O–H groups in total. The van der Waals surface area contributed by atoms with E-state index in [2.05, 4.69) is 0 Å². The maximum atomic E-state index is 11.9. The van der Waals surface area contributed by atoms with Crippen LogP contribution in [-0.2, 0) is 0 Å². The van der Waals surface area contributed by atoms with Crippen molar-refractivity contribution in [3.63, 3.8) is 0 Å². The Labute approximate surface area is 112 Å². The number of hydrogen-bond donors (Lipinski definition) is 0. The molecule has 0 aliphatic carbocycles. The molecule has 2 nitrogen and oxygen atoms in total. The number of ketones is 2. The van der Waals surface area contributed by atoms with Crippen LogP contribution in [-0.4, -0.2) is 11.6 Å². The minimum Gasteiger partial charge on any atom is -0.295 e. The molecule has 2 aromatic carbocycles. The van der Waals surface area contributed by atoms with E-state index in [0.29, 0.717) is 11.1 Å². The van der Waals surface area contributed by atoms with Gasteiger partial charge in [0.1, 0.15) is 0 Å². The summed E-state index contributed by atoms with van der Waals surface area (Å²) in [5.74, 6) is -0.0715. The lowest BCUT2D eigenvalue weighted by Gasteiger charge is -1.98. The Bertz CT molecular complexity index is 607. The molecule has 0 amide bonds. The van der Waals surface area contributed by atoms with Gasteiger partial charge in [-0.05, 0) is 18.6 Å². The Balaban J connectivity index is 2.12. The zero-order valence-corrected chi connectivity index (χ0v) is 10.7.